The zero-order chi connectivity index (χ0) is 13.7. The fraction of sp³-hybridized carbons (Fsp3) is 0.938. The molecule has 0 aromatic heterocycles. The molecule has 2 saturated carbocycles. The smallest absolute Gasteiger partial charge is 0.142 e. The summed E-state index contributed by atoms with van der Waals surface area (Å²) in [6, 6.07) is 0. The average molecular weight is 265 g/mol. The molecular weight excluding hydrogens is 238 g/mol. The van der Waals surface area contributed by atoms with E-state index in [1.807, 2.05) is 0 Å². The molecule has 3 unspecified atom stereocenters. The Hall–Kier alpha value is -0.410. The van der Waals surface area contributed by atoms with Crippen LogP contribution < -0.4 is 0 Å². The number of hydrogen-bond acceptors (Lipinski definition) is 3. The number of ether oxygens (including phenoxy) is 1. The van der Waals surface area contributed by atoms with Crippen LogP contribution in [0.15, 0.2) is 0 Å². The van der Waals surface area contributed by atoms with Gasteiger partial charge >= 0.3 is 0 Å². The highest BCUT2D eigenvalue weighted by Gasteiger charge is 2.65. The van der Waals surface area contributed by atoms with E-state index < -0.39 is 0 Å². The number of ketones is 1. The van der Waals surface area contributed by atoms with Crippen LogP contribution >= 0.6 is 0 Å². The van der Waals surface area contributed by atoms with Crippen LogP contribution in [0.5, 0.6) is 0 Å². The Bertz CT molecular complexity index is 373. The maximum atomic E-state index is 12.7. The molecule has 3 atom stereocenters. The third kappa shape index (κ3) is 1.89. The first kappa shape index (κ1) is 13.6. The second kappa shape index (κ2) is 4.56. The van der Waals surface area contributed by atoms with Crippen LogP contribution in [0.4, 0.5) is 0 Å². The molecule has 3 rings (SSSR count). The van der Waals surface area contributed by atoms with Crippen LogP contribution in [0.2, 0.25) is 0 Å². The van der Waals surface area contributed by atoms with Gasteiger partial charge in [0.05, 0.1) is 13.2 Å². The minimum absolute atomic E-state index is 0.0483. The van der Waals surface area contributed by atoms with Crippen molar-refractivity contribution in [3.05, 3.63) is 0 Å². The van der Waals surface area contributed by atoms with Gasteiger partial charge in [-0.2, -0.15) is 0 Å². The Morgan fingerprint density at radius 2 is 1.95 bits per heavy atom. The third-order valence-electron chi connectivity index (χ3n) is 6.53. The van der Waals surface area contributed by atoms with Gasteiger partial charge in [0.25, 0.3) is 0 Å². The molecule has 1 saturated heterocycles. The lowest BCUT2D eigenvalue weighted by Gasteiger charge is -2.32. The predicted molar refractivity (Wildman–Crippen MR) is 75.0 cm³/mol. The summed E-state index contributed by atoms with van der Waals surface area (Å²) in [6.07, 6.45) is 3.42. The Morgan fingerprint density at radius 1 is 1.26 bits per heavy atom. The lowest BCUT2D eigenvalue weighted by atomic mass is 9.70. The molecule has 0 amide bonds. The second-order valence-corrected chi connectivity index (χ2v) is 7.41. The van der Waals surface area contributed by atoms with Crippen molar-refractivity contribution < 1.29 is 9.53 Å². The summed E-state index contributed by atoms with van der Waals surface area (Å²) in [6.45, 7) is 11.7. The summed E-state index contributed by atoms with van der Waals surface area (Å²) in [5.41, 5.74) is 0.160. The Morgan fingerprint density at radius 3 is 2.53 bits per heavy atom. The van der Waals surface area contributed by atoms with Crippen LogP contribution in [-0.4, -0.2) is 43.5 Å². The fourth-order valence-electron chi connectivity index (χ4n) is 4.75. The summed E-state index contributed by atoms with van der Waals surface area (Å²) in [5.74, 6) is 1.49. The Kier molecular flexibility index (Phi) is 3.25. The lowest BCUT2D eigenvalue weighted by molar-refractivity contribution is -0.132. The summed E-state index contributed by atoms with van der Waals surface area (Å²) in [5, 5.41) is 0. The van der Waals surface area contributed by atoms with Crippen LogP contribution in [0.3, 0.4) is 0 Å². The molecule has 108 valence electrons. The van der Waals surface area contributed by atoms with Crippen LogP contribution in [0.1, 0.15) is 40.0 Å². The molecular formula is C16H27NO2. The molecule has 0 aromatic rings. The largest absolute Gasteiger partial charge is 0.379 e. The van der Waals surface area contributed by atoms with Crippen molar-refractivity contribution in [3.8, 4) is 0 Å². The molecule has 0 N–H and O–H groups in total. The molecule has 3 nitrogen and oxygen atoms in total. The van der Waals surface area contributed by atoms with Crippen molar-refractivity contribution >= 4 is 5.78 Å². The van der Waals surface area contributed by atoms with Crippen molar-refractivity contribution in [1.29, 1.82) is 0 Å². The van der Waals surface area contributed by atoms with Gasteiger partial charge in [-0.05, 0) is 37.1 Å². The molecule has 0 spiro atoms. The highest BCUT2D eigenvalue weighted by Crippen LogP contribution is 2.66. The van der Waals surface area contributed by atoms with Gasteiger partial charge in [-0.3, -0.25) is 9.69 Å². The van der Waals surface area contributed by atoms with Gasteiger partial charge < -0.3 is 4.74 Å². The lowest BCUT2D eigenvalue weighted by Crippen LogP contribution is -2.39. The van der Waals surface area contributed by atoms with E-state index in [-0.39, 0.29) is 10.8 Å². The number of carbonyl (C=O) groups excluding carboxylic acids is 1. The number of fused-ring (bicyclic) bond motifs is 2. The molecule has 2 aliphatic carbocycles. The van der Waals surface area contributed by atoms with Gasteiger partial charge in [-0.1, -0.05) is 20.8 Å². The topological polar surface area (TPSA) is 29.5 Å². The summed E-state index contributed by atoms with van der Waals surface area (Å²) < 4.78 is 5.38. The van der Waals surface area contributed by atoms with E-state index in [1.54, 1.807) is 0 Å². The number of nitrogens with zero attached hydrogens (tertiary/aromatic N) is 1. The quantitative estimate of drug-likeness (QED) is 0.784. The van der Waals surface area contributed by atoms with Gasteiger partial charge in [0.2, 0.25) is 0 Å². The van der Waals surface area contributed by atoms with E-state index in [4.69, 9.17) is 4.74 Å². The molecule has 3 heteroatoms. The number of rotatable bonds is 3. The maximum absolute atomic E-state index is 12.7. The van der Waals surface area contributed by atoms with Gasteiger partial charge in [-0.25, -0.2) is 0 Å². The van der Waals surface area contributed by atoms with Crippen LogP contribution in [-0.2, 0) is 9.53 Å². The average Bonchev–Trinajstić information content (AvgIpc) is 2.70. The highest BCUT2D eigenvalue weighted by atomic mass is 16.5. The first-order valence-electron chi connectivity index (χ1n) is 7.81. The highest BCUT2D eigenvalue weighted by molar-refractivity contribution is 5.91. The van der Waals surface area contributed by atoms with Crippen molar-refractivity contribution in [3.63, 3.8) is 0 Å². The minimum atomic E-state index is -0.0483. The van der Waals surface area contributed by atoms with Crippen molar-refractivity contribution in [2.75, 3.05) is 32.8 Å². The van der Waals surface area contributed by atoms with Crippen molar-refractivity contribution in [1.82, 2.24) is 4.90 Å². The van der Waals surface area contributed by atoms with Crippen LogP contribution in [0.25, 0.3) is 0 Å². The second-order valence-electron chi connectivity index (χ2n) is 7.41. The van der Waals surface area contributed by atoms with Crippen LogP contribution in [0, 0.1) is 22.7 Å². The molecule has 0 aromatic carbocycles. The SMILES string of the molecule is CC12CCC(C(CCN3CCOCC3)C1=O)C2(C)C. The first-order chi connectivity index (χ1) is 8.97. The molecule has 1 heterocycles. The zero-order valence-electron chi connectivity index (χ0n) is 12.6. The molecule has 1 aliphatic heterocycles. The van der Waals surface area contributed by atoms with Crippen molar-refractivity contribution in [2.45, 2.75) is 40.0 Å². The predicted octanol–water partition coefficient (Wildman–Crippen LogP) is 2.35. The molecule has 3 aliphatic rings. The number of morpholine rings is 1. The van der Waals surface area contributed by atoms with Gasteiger partial charge in [0, 0.05) is 24.4 Å². The van der Waals surface area contributed by atoms with E-state index in [0.29, 0.717) is 17.6 Å². The monoisotopic (exact) mass is 265 g/mol. The van der Waals surface area contributed by atoms with E-state index in [2.05, 4.69) is 25.7 Å². The van der Waals surface area contributed by atoms with Gasteiger partial charge in [0.1, 0.15) is 5.78 Å². The Balaban J connectivity index is 1.65. The maximum Gasteiger partial charge on any atom is 0.142 e. The zero-order valence-corrected chi connectivity index (χ0v) is 12.6. The van der Waals surface area contributed by atoms with Crippen molar-refractivity contribution in [2.24, 2.45) is 22.7 Å². The summed E-state index contributed by atoms with van der Waals surface area (Å²) >= 11 is 0. The van der Waals surface area contributed by atoms with Gasteiger partial charge in [-0.15, -0.1) is 0 Å². The third-order valence-corrected chi connectivity index (χ3v) is 6.53. The molecule has 19 heavy (non-hydrogen) atoms. The van der Waals surface area contributed by atoms with E-state index in [0.717, 1.165) is 45.7 Å². The molecule has 3 fully saturated rings. The number of hydrogen-bond donors (Lipinski definition) is 0. The summed E-state index contributed by atoms with van der Waals surface area (Å²) in [7, 11) is 0. The Labute approximate surface area is 116 Å². The minimum Gasteiger partial charge on any atom is -0.379 e. The standard InChI is InChI=1S/C16H27NO2/c1-15(2)13-4-6-16(15,3)14(18)12(13)5-7-17-8-10-19-11-9-17/h12-13H,4-11H2,1-3H3. The summed E-state index contributed by atoms with van der Waals surface area (Å²) in [4.78, 5) is 15.2. The van der Waals surface area contributed by atoms with E-state index in [1.165, 1.54) is 6.42 Å². The number of Topliss-reactive ketones (excluding diaryl/α,β-unsaturated/α-hetero) is 1. The first-order valence-corrected chi connectivity index (χ1v) is 7.81. The normalized spacial score (nSPS) is 41.9. The van der Waals surface area contributed by atoms with E-state index >= 15 is 0 Å². The fourth-order valence-corrected chi connectivity index (χ4v) is 4.75. The molecule has 2 bridgehead atoms. The molecule has 0 radical (unpaired) electrons. The van der Waals surface area contributed by atoms with Gasteiger partial charge in [0.15, 0.2) is 0 Å². The van der Waals surface area contributed by atoms with E-state index in [9.17, 15) is 4.79 Å². The number of carbonyl (C=O) groups is 1.